The minimum Gasteiger partial charge on any atom is -0.380 e. The van der Waals surface area contributed by atoms with Gasteiger partial charge in [0.25, 0.3) is 0 Å². The summed E-state index contributed by atoms with van der Waals surface area (Å²) < 4.78 is 5.52. The fourth-order valence-corrected chi connectivity index (χ4v) is 1.27. The maximum Gasteiger partial charge on any atom is 0.191 e. The molecule has 110 valence electrons. The Balaban J connectivity index is 0. The van der Waals surface area contributed by atoms with Gasteiger partial charge >= 0.3 is 0 Å². The molecule has 0 aromatic rings. The van der Waals surface area contributed by atoms with Gasteiger partial charge in [0.1, 0.15) is 0 Å². The van der Waals surface area contributed by atoms with E-state index in [4.69, 9.17) is 4.74 Å². The molecule has 0 rings (SSSR count). The lowest BCUT2D eigenvalue weighted by Gasteiger charge is -2.12. The fraction of sp³-hybridized carbons (Fsp3) is 0.923. The second kappa shape index (κ2) is 15.0. The first kappa shape index (κ1) is 20.3. The summed E-state index contributed by atoms with van der Waals surface area (Å²) in [5, 5.41) is 6.49. The van der Waals surface area contributed by atoms with E-state index in [1.165, 1.54) is 12.8 Å². The molecule has 0 radical (unpaired) electrons. The van der Waals surface area contributed by atoms with Crippen LogP contribution in [0.5, 0.6) is 0 Å². The lowest BCUT2D eigenvalue weighted by molar-refractivity contribution is 0.128. The number of guanidine groups is 1. The third kappa shape index (κ3) is 14.0. The van der Waals surface area contributed by atoms with Crippen molar-refractivity contribution in [3.63, 3.8) is 0 Å². The van der Waals surface area contributed by atoms with Crippen LogP contribution in [0.4, 0.5) is 0 Å². The van der Waals surface area contributed by atoms with Crippen molar-refractivity contribution in [1.82, 2.24) is 10.6 Å². The van der Waals surface area contributed by atoms with E-state index in [9.17, 15) is 0 Å². The summed E-state index contributed by atoms with van der Waals surface area (Å²) in [5.41, 5.74) is 0. The summed E-state index contributed by atoms with van der Waals surface area (Å²) >= 11 is 0. The predicted octanol–water partition coefficient (Wildman–Crippen LogP) is 2.63. The van der Waals surface area contributed by atoms with Gasteiger partial charge < -0.3 is 15.4 Å². The molecule has 0 aliphatic heterocycles. The highest BCUT2D eigenvalue weighted by atomic mass is 127. The average Bonchev–Trinajstić information content (AvgIpc) is 2.31. The molecule has 0 saturated carbocycles. The van der Waals surface area contributed by atoms with Crippen molar-refractivity contribution in [2.45, 2.75) is 40.0 Å². The molecular weight excluding hydrogens is 341 g/mol. The van der Waals surface area contributed by atoms with Gasteiger partial charge in [-0.25, -0.2) is 0 Å². The maximum absolute atomic E-state index is 5.52. The van der Waals surface area contributed by atoms with Crippen LogP contribution in [0.2, 0.25) is 0 Å². The van der Waals surface area contributed by atoms with Crippen LogP contribution in [0.15, 0.2) is 4.99 Å². The SMILES string of the molecule is CCCCNC(=NC)NCCOCCC(C)C.I. The van der Waals surface area contributed by atoms with Crippen LogP contribution < -0.4 is 10.6 Å². The van der Waals surface area contributed by atoms with Crippen LogP contribution in [0.3, 0.4) is 0 Å². The quantitative estimate of drug-likeness (QED) is 0.284. The van der Waals surface area contributed by atoms with Crippen molar-refractivity contribution >= 4 is 29.9 Å². The van der Waals surface area contributed by atoms with E-state index in [0.717, 1.165) is 38.7 Å². The Hall–Kier alpha value is -0.0400. The van der Waals surface area contributed by atoms with Gasteiger partial charge in [0.2, 0.25) is 0 Å². The Bertz CT molecular complexity index is 199. The van der Waals surface area contributed by atoms with Crippen molar-refractivity contribution in [2.75, 3.05) is 33.4 Å². The van der Waals surface area contributed by atoms with Crippen molar-refractivity contribution in [1.29, 1.82) is 0 Å². The number of aliphatic imine (C=N–C) groups is 1. The van der Waals surface area contributed by atoms with Crippen LogP contribution in [-0.2, 0) is 4.74 Å². The minimum atomic E-state index is 0. The molecule has 5 heteroatoms. The lowest BCUT2D eigenvalue weighted by Crippen LogP contribution is -2.39. The molecule has 0 fully saturated rings. The zero-order chi connectivity index (χ0) is 12.9. The smallest absolute Gasteiger partial charge is 0.191 e. The van der Waals surface area contributed by atoms with E-state index in [2.05, 4.69) is 36.4 Å². The van der Waals surface area contributed by atoms with Crippen LogP contribution >= 0.6 is 24.0 Å². The molecule has 0 saturated heterocycles. The monoisotopic (exact) mass is 371 g/mol. The normalized spacial score (nSPS) is 11.3. The Labute approximate surface area is 129 Å². The van der Waals surface area contributed by atoms with Gasteiger partial charge in [0.15, 0.2) is 5.96 Å². The van der Waals surface area contributed by atoms with Gasteiger partial charge in [-0.3, -0.25) is 4.99 Å². The fourth-order valence-electron chi connectivity index (χ4n) is 1.27. The summed E-state index contributed by atoms with van der Waals surface area (Å²) in [6.45, 7) is 9.97. The van der Waals surface area contributed by atoms with Gasteiger partial charge in [-0.1, -0.05) is 27.2 Å². The Morgan fingerprint density at radius 2 is 1.83 bits per heavy atom. The highest BCUT2D eigenvalue weighted by molar-refractivity contribution is 14.0. The van der Waals surface area contributed by atoms with Crippen molar-refractivity contribution in [3.8, 4) is 0 Å². The second-order valence-corrected chi connectivity index (χ2v) is 4.57. The zero-order valence-corrected chi connectivity index (χ0v) is 14.6. The van der Waals surface area contributed by atoms with Gasteiger partial charge in [0.05, 0.1) is 6.61 Å². The van der Waals surface area contributed by atoms with E-state index >= 15 is 0 Å². The maximum atomic E-state index is 5.52. The van der Waals surface area contributed by atoms with Crippen molar-refractivity contribution < 1.29 is 4.74 Å². The standard InChI is InChI=1S/C13H29N3O.HI/c1-5-6-8-15-13(14-4)16-9-11-17-10-7-12(2)3;/h12H,5-11H2,1-4H3,(H2,14,15,16);1H. The van der Waals surface area contributed by atoms with Crippen LogP contribution in [0.25, 0.3) is 0 Å². The van der Waals surface area contributed by atoms with E-state index in [0.29, 0.717) is 5.92 Å². The highest BCUT2D eigenvalue weighted by Gasteiger charge is 1.96. The average molecular weight is 371 g/mol. The number of halogens is 1. The van der Waals surface area contributed by atoms with Gasteiger partial charge in [0, 0.05) is 26.7 Å². The van der Waals surface area contributed by atoms with Crippen LogP contribution in [-0.4, -0.2) is 39.3 Å². The Morgan fingerprint density at radius 1 is 1.17 bits per heavy atom. The molecule has 18 heavy (non-hydrogen) atoms. The number of nitrogens with one attached hydrogen (secondary N) is 2. The summed E-state index contributed by atoms with van der Waals surface area (Å²) in [6, 6.07) is 0. The summed E-state index contributed by atoms with van der Waals surface area (Å²) in [5.74, 6) is 1.58. The largest absolute Gasteiger partial charge is 0.380 e. The number of nitrogens with zero attached hydrogens (tertiary/aromatic N) is 1. The molecule has 2 N–H and O–H groups in total. The Morgan fingerprint density at radius 3 is 2.39 bits per heavy atom. The third-order valence-electron chi connectivity index (χ3n) is 2.42. The van der Waals surface area contributed by atoms with Crippen molar-refractivity contribution in [2.24, 2.45) is 10.9 Å². The number of hydrogen-bond acceptors (Lipinski definition) is 2. The van der Waals surface area contributed by atoms with E-state index in [-0.39, 0.29) is 24.0 Å². The van der Waals surface area contributed by atoms with Crippen LogP contribution in [0.1, 0.15) is 40.0 Å². The molecule has 0 heterocycles. The van der Waals surface area contributed by atoms with Crippen LogP contribution in [0, 0.1) is 5.92 Å². The topological polar surface area (TPSA) is 45.7 Å². The molecule has 0 aliphatic rings. The molecule has 0 bridgehead atoms. The molecule has 0 unspecified atom stereocenters. The predicted molar refractivity (Wildman–Crippen MR) is 90.0 cm³/mol. The molecule has 0 spiro atoms. The first-order valence-corrected chi connectivity index (χ1v) is 6.73. The van der Waals surface area contributed by atoms with E-state index < -0.39 is 0 Å². The van der Waals surface area contributed by atoms with Gasteiger partial charge in [-0.2, -0.15) is 0 Å². The lowest BCUT2D eigenvalue weighted by atomic mass is 10.1. The van der Waals surface area contributed by atoms with Gasteiger partial charge in [-0.15, -0.1) is 24.0 Å². The highest BCUT2D eigenvalue weighted by Crippen LogP contribution is 1.98. The number of rotatable bonds is 9. The molecule has 0 aliphatic carbocycles. The third-order valence-corrected chi connectivity index (χ3v) is 2.42. The van der Waals surface area contributed by atoms with E-state index in [1.54, 1.807) is 7.05 Å². The number of ether oxygens (including phenoxy) is 1. The summed E-state index contributed by atoms with van der Waals surface area (Å²) in [6.07, 6.45) is 3.50. The number of unbranched alkanes of at least 4 members (excludes halogenated alkanes) is 1. The summed E-state index contributed by atoms with van der Waals surface area (Å²) in [4.78, 5) is 4.14. The molecule has 0 aromatic heterocycles. The summed E-state index contributed by atoms with van der Waals surface area (Å²) in [7, 11) is 1.79. The molecule has 0 aromatic carbocycles. The van der Waals surface area contributed by atoms with E-state index in [1.807, 2.05) is 0 Å². The number of hydrogen-bond donors (Lipinski definition) is 2. The van der Waals surface area contributed by atoms with Crippen molar-refractivity contribution in [3.05, 3.63) is 0 Å². The zero-order valence-electron chi connectivity index (χ0n) is 12.3. The molecule has 0 amide bonds. The first-order valence-electron chi connectivity index (χ1n) is 6.73. The molecule has 0 atom stereocenters. The molecular formula is C13H30IN3O. The Kier molecular flexibility index (Phi) is 16.9. The van der Waals surface area contributed by atoms with Gasteiger partial charge in [-0.05, 0) is 18.8 Å². The minimum absolute atomic E-state index is 0. The molecule has 4 nitrogen and oxygen atoms in total. The second-order valence-electron chi connectivity index (χ2n) is 4.57. The first-order chi connectivity index (χ1) is 8.20.